The Hall–Kier alpha value is -2.73. The fourth-order valence-corrected chi connectivity index (χ4v) is 5.48. The molecule has 2 aromatic rings. The molecule has 2 fully saturated rings. The number of nitrogens with zero attached hydrogens (tertiary/aromatic N) is 2. The average molecular weight is 425 g/mol. The van der Waals surface area contributed by atoms with E-state index in [2.05, 4.69) is 35.2 Å². The molecule has 0 aliphatic carbocycles. The zero-order chi connectivity index (χ0) is 21.8. The highest BCUT2D eigenvalue weighted by Gasteiger charge is 2.46. The van der Waals surface area contributed by atoms with Crippen molar-refractivity contribution in [2.45, 2.75) is 25.8 Å². The van der Waals surface area contributed by atoms with Crippen molar-refractivity contribution >= 4 is 6.09 Å². The van der Waals surface area contributed by atoms with Crippen molar-refractivity contribution in [3.8, 4) is 11.5 Å². The molecule has 2 atom stereocenters. The number of benzene rings is 2. The molecule has 1 N–H and O–H groups in total. The van der Waals surface area contributed by atoms with Crippen LogP contribution >= 0.6 is 0 Å². The summed E-state index contributed by atoms with van der Waals surface area (Å²) < 4.78 is 10.8. The van der Waals surface area contributed by atoms with Crippen LogP contribution in [-0.2, 0) is 13.0 Å². The Balaban J connectivity index is 1.52. The smallest absolute Gasteiger partial charge is 0.407 e. The molecular weight excluding hydrogens is 392 g/mol. The van der Waals surface area contributed by atoms with E-state index >= 15 is 0 Å². The number of hydrogen-bond donors (Lipinski definition) is 1. The van der Waals surface area contributed by atoms with Gasteiger partial charge in [-0.3, -0.25) is 4.90 Å². The van der Waals surface area contributed by atoms with E-state index in [4.69, 9.17) is 9.47 Å². The van der Waals surface area contributed by atoms with Crippen molar-refractivity contribution in [3.05, 3.63) is 59.7 Å². The Labute approximate surface area is 184 Å². The van der Waals surface area contributed by atoms with Crippen LogP contribution in [0.2, 0.25) is 0 Å². The molecule has 2 saturated heterocycles. The molecule has 0 aromatic heterocycles. The van der Waals surface area contributed by atoms with Crippen LogP contribution in [0.1, 0.15) is 24.0 Å². The first-order valence-corrected chi connectivity index (χ1v) is 11.0. The highest BCUT2D eigenvalue weighted by Crippen LogP contribution is 2.43. The lowest BCUT2D eigenvalue weighted by Gasteiger charge is -2.53. The van der Waals surface area contributed by atoms with E-state index in [0.717, 1.165) is 50.4 Å². The van der Waals surface area contributed by atoms with E-state index in [9.17, 15) is 9.90 Å². The molecule has 6 heteroatoms. The number of rotatable bonds is 7. The van der Waals surface area contributed by atoms with Gasteiger partial charge in [0.05, 0.1) is 14.2 Å². The molecule has 1 amide bonds. The lowest BCUT2D eigenvalue weighted by atomic mass is 9.69. The summed E-state index contributed by atoms with van der Waals surface area (Å²) >= 11 is 0. The van der Waals surface area contributed by atoms with Crippen molar-refractivity contribution in [1.29, 1.82) is 0 Å². The number of ether oxygens (including phenoxy) is 2. The molecule has 4 rings (SSSR count). The van der Waals surface area contributed by atoms with E-state index in [-0.39, 0.29) is 5.41 Å². The number of carboxylic acid groups (broad SMARTS) is 1. The average Bonchev–Trinajstić information content (AvgIpc) is 2.77. The predicted octanol–water partition coefficient (Wildman–Crippen LogP) is 4.14. The molecule has 2 heterocycles. The number of carbonyl (C=O) groups is 1. The number of hydrogen-bond acceptors (Lipinski definition) is 4. The number of likely N-dealkylation sites (tertiary alicyclic amines) is 2. The van der Waals surface area contributed by atoms with E-state index < -0.39 is 6.09 Å². The molecular formula is C25H32N2O4. The van der Waals surface area contributed by atoms with Crippen molar-refractivity contribution < 1.29 is 19.4 Å². The summed E-state index contributed by atoms with van der Waals surface area (Å²) in [5.74, 6) is 1.85. The van der Waals surface area contributed by atoms with Crippen LogP contribution in [0.5, 0.6) is 11.5 Å². The standard InChI is InChI=1S/C25H32N2O4/c1-30-22-9-8-19(12-23(22)31-2)10-11-25-13-21(16-27(18-25)24(28)29)15-26(17-25)14-20-6-4-3-5-7-20/h3-9,12,21H,10-11,13-18H2,1-2H3,(H,28,29). The van der Waals surface area contributed by atoms with E-state index in [0.29, 0.717) is 19.0 Å². The monoisotopic (exact) mass is 424 g/mol. The molecule has 31 heavy (non-hydrogen) atoms. The maximum Gasteiger partial charge on any atom is 0.407 e. The van der Waals surface area contributed by atoms with Gasteiger partial charge in [0.15, 0.2) is 11.5 Å². The van der Waals surface area contributed by atoms with Crippen molar-refractivity contribution in [2.24, 2.45) is 11.3 Å². The third-order valence-electron chi connectivity index (χ3n) is 6.71. The number of piperidine rings is 2. The van der Waals surface area contributed by atoms with Crippen molar-refractivity contribution in [1.82, 2.24) is 9.80 Å². The lowest BCUT2D eigenvalue weighted by molar-refractivity contribution is -0.0359. The maximum absolute atomic E-state index is 11.8. The first-order chi connectivity index (χ1) is 15.0. The Morgan fingerprint density at radius 3 is 2.52 bits per heavy atom. The Morgan fingerprint density at radius 1 is 1.03 bits per heavy atom. The zero-order valence-corrected chi connectivity index (χ0v) is 18.4. The third kappa shape index (κ3) is 4.96. The van der Waals surface area contributed by atoms with Gasteiger partial charge in [-0.15, -0.1) is 0 Å². The minimum absolute atomic E-state index is 0.0263. The molecule has 0 radical (unpaired) electrons. The van der Waals surface area contributed by atoms with Crippen LogP contribution in [0.4, 0.5) is 4.79 Å². The van der Waals surface area contributed by atoms with Crippen LogP contribution in [-0.4, -0.2) is 61.4 Å². The van der Waals surface area contributed by atoms with Gasteiger partial charge in [-0.25, -0.2) is 4.79 Å². The Morgan fingerprint density at radius 2 is 1.81 bits per heavy atom. The summed E-state index contributed by atoms with van der Waals surface area (Å²) in [6.45, 7) is 4.05. The van der Waals surface area contributed by atoms with Crippen molar-refractivity contribution in [2.75, 3.05) is 40.4 Å². The summed E-state index contributed by atoms with van der Waals surface area (Å²) in [6, 6.07) is 16.6. The number of amides is 1. The lowest BCUT2D eigenvalue weighted by Crippen LogP contribution is -2.59. The fraction of sp³-hybridized carbons (Fsp3) is 0.480. The summed E-state index contributed by atoms with van der Waals surface area (Å²) in [6.07, 6.45) is 2.14. The van der Waals surface area contributed by atoms with E-state index in [1.54, 1.807) is 19.1 Å². The maximum atomic E-state index is 11.8. The predicted molar refractivity (Wildman–Crippen MR) is 120 cm³/mol. The second kappa shape index (κ2) is 9.18. The molecule has 166 valence electrons. The van der Waals surface area contributed by atoms with E-state index in [1.165, 1.54) is 11.1 Å². The molecule has 0 spiro atoms. The van der Waals surface area contributed by atoms with Crippen LogP contribution < -0.4 is 9.47 Å². The number of methoxy groups -OCH3 is 2. The van der Waals surface area contributed by atoms with Gasteiger partial charge in [0.1, 0.15) is 0 Å². The SMILES string of the molecule is COc1ccc(CCC23CC(CN(Cc4ccccc4)C2)CN(C(=O)O)C3)cc1OC. The minimum Gasteiger partial charge on any atom is -0.493 e. The van der Waals surface area contributed by atoms with Gasteiger partial charge in [-0.2, -0.15) is 0 Å². The minimum atomic E-state index is -0.795. The quantitative estimate of drug-likeness (QED) is 0.724. The Kier molecular flexibility index (Phi) is 6.37. The summed E-state index contributed by atoms with van der Waals surface area (Å²) in [7, 11) is 3.29. The van der Waals surface area contributed by atoms with Gasteiger partial charge >= 0.3 is 6.09 Å². The molecule has 2 aliphatic rings. The van der Waals surface area contributed by atoms with Gasteiger partial charge < -0.3 is 19.5 Å². The molecule has 6 nitrogen and oxygen atoms in total. The van der Waals surface area contributed by atoms with E-state index in [1.807, 2.05) is 18.2 Å². The zero-order valence-electron chi connectivity index (χ0n) is 18.4. The summed E-state index contributed by atoms with van der Waals surface area (Å²) in [4.78, 5) is 16.0. The second-order valence-electron chi connectivity index (χ2n) is 9.08. The summed E-state index contributed by atoms with van der Waals surface area (Å²) in [5.41, 5.74) is 2.48. The van der Waals surface area contributed by atoms with Crippen LogP contribution in [0, 0.1) is 11.3 Å². The number of aryl methyl sites for hydroxylation is 1. The van der Waals surface area contributed by atoms with Crippen LogP contribution in [0.15, 0.2) is 48.5 Å². The first kappa shape index (κ1) is 21.5. The third-order valence-corrected chi connectivity index (χ3v) is 6.71. The first-order valence-electron chi connectivity index (χ1n) is 11.0. The second-order valence-corrected chi connectivity index (χ2v) is 9.08. The molecule has 2 aliphatic heterocycles. The molecule has 2 unspecified atom stereocenters. The summed E-state index contributed by atoms with van der Waals surface area (Å²) in [5, 5.41) is 9.70. The van der Waals surface area contributed by atoms with Crippen LogP contribution in [0.25, 0.3) is 0 Å². The highest BCUT2D eigenvalue weighted by atomic mass is 16.5. The van der Waals surface area contributed by atoms with Gasteiger partial charge in [0, 0.05) is 38.1 Å². The van der Waals surface area contributed by atoms with Crippen LogP contribution in [0.3, 0.4) is 0 Å². The van der Waals surface area contributed by atoms with Crippen molar-refractivity contribution in [3.63, 3.8) is 0 Å². The highest BCUT2D eigenvalue weighted by molar-refractivity contribution is 5.65. The van der Waals surface area contributed by atoms with Gasteiger partial charge in [-0.1, -0.05) is 36.4 Å². The topological polar surface area (TPSA) is 62.2 Å². The molecule has 0 saturated carbocycles. The van der Waals surface area contributed by atoms with Gasteiger partial charge in [0.2, 0.25) is 0 Å². The van der Waals surface area contributed by atoms with Gasteiger partial charge in [0.25, 0.3) is 0 Å². The molecule has 2 bridgehead atoms. The number of fused-ring (bicyclic) bond motifs is 2. The molecule has 2 aromatic carbocycles. The Bertz CT molecular complexity index is 904. The largest absolute Gasteiger partial charge is 0.493 e. The van der Waals surface area contributed by atoms with Gasteiger partial charge in [-0.05, 0) is 48.4 Å². The fourth-order valence-electron chi connectivity index (χ4n) is 5.48. The normalized spacial score (nSPS) is 23.4.